The van der Waals surface area contributed by atoms with Crippen molar-refractivity contribution in [2.75, 3.05) is 11.9 Å². The number of nitrogens with zero attached hydrogens (tertiary/aromatic N) is 4. The maximum atomic E-state index is 5.61. The first-order chi connectivity index (χ1) is 9.06. The summed E-state index contributed by atoms with van der Waals surface area (Å²) in [6.07, 6.45) is 1.76. The fourth-order valence-electron chi connectivity index (χ4n) is 1.66. The maximum Gasteiger partial charge on any atom is 0.226 e. The molecule has 0 unspecified atom stereocenters. The van der Waals surface area contributed by atoms with E-state index in [4.69, 9.17) is 18.0 Å². The Bertz CT molecular complexity index is 585. The molecule has 0 atom stereocenters. The minimum Gasteiger partial charge on any atom is -0.388 e. The number of pyridine rings is 1. The van der Waals surface area contributed by atoms with Crippen molar-refractivity contribution in [3.63, 3.8) is 0 Å². The number of anilines is 1. The highest BCUT2D eigenvalue weighted by molar-refractivity contribution is 7.80. The van der Waals surface area contributed by atoms with E-state index in [1.165, 1.54) is 0 Å². The third-order valence-corrected chi connectivity index (χ3v) is 2.77. The van der Waals surface area contributed by atoms with Crippen LogP contribution >= 0.6 is 12.2 Å². The first-order valence-electron chi connectivity index (χ1n) is 5.83. The summed E-state index contributed by atoms with van der Waals surface area (Å²) in [5, 5.41) is 0. The van der Waals surface area contributed by atoms with Crippen LogP contribution in [0.15, 0.2) is 30.5 Å². The molecule has 2 aromatic heterocycles. The van der Waals surface area contributed by atoms with Gasteiger partial charge in [-0.3, -0.25) is 4.98 Å². The summed E-state index contributed by atoms with van der Waals surface area (Å²) in [6, 6.07) is 7.58. The summed E-state index contributed by atoms with van der Waals surface area (Å²) in [5.74, 6) is 0.591. The number of hydrogen-bond donors (Lipinski definition) is 1. The van der Waals surface area contributed by atoms with Crippen LogP contribution in [0.25, 0.3) is 0 Å². The van der Waals surface area contributed by atoms with Gasteiger partial charge < -0.3 is 10.6 Å². The molecule has 2 rings (SSSR count). The zero-order valence-corrected chi connectivity index (χ0v) is 11.7. The van der Waals surface area contributed by atoms with Gasteiger partial charge in [-0.2, -0.15) is 0 Å². The third kappa shape index (κ3) is 3.45. The number of hydrogen-bond acceptors (Lipinski definition) is 5. The lowest BCUT2D eigenvalue weighted by molar-refractivity contribution is 0.834. The fourth-order valence-corrected chi connectivity index (χ4v) is 1.76. The highest BCUT2D eigenvalue weighted by atomic mass is 32.1. The Hall–Kier alpha value is -2.08. The van der Waals surface area contributed by atoms with Crippen LogP contribution < -0.4 is 10.6 Å². The lowest BCUT2D eigenvalue weighted by Crippen LogP contribution is -2.22. The summed E-state index contributed by atoms with van der Waals surface area (Å²) >= 11 is 4.95. The van der Waals surface area contributed by atoms with Gasteiger partial charge in [0.1, 0.15) is 10.7 Å². The second-order valence-electron chi connectivity index (χ2n) is 4.24. The van der Waals surface area contributed by atoms with E-state index in [-0.39, 0.29) is 4.99 Å². The van der Waals surface area contributed by atoms with Crippen LogP contribution in [0.4, 0.5) is 5.95 Å². The zero-order valence-electron chi connectivity index (χ0n) is 10.9. The fraction of sp³-hybridized carbons (Fsp3) is 0.231. The maximum absolute atomic E-state index is 5.61. The van der Waals surface area contributed by atoms with E-state index in [0.29, 0.717) is 18.2 Å². The molecule has 19 heavy (non-hydrogen) atoms. The van der Waals surface area contributed by atoms with Gasteiger partial charge in [0.15, 0.2) is 0 Å². The van der Waals surface area contributed by atoms with E-state index in [1.807, 2.05) is 37.1 Å². The van der Waals surface area contributed by atoms with Crippen molar-refractivity contribution in [1.82, 2.24) is 15.0 Å². The molecule has 0 bridgehead atoms. The molecule has 0 spiro atoms. The molecule has 6 heteroatoms. The van der Waals surface area contributed by atoms with Crippen LogP contribution in [0.1, 0.15) is 17.1 Å². The van der Waals surface area contributed by atoms with Gasteiger partial charge in [0.05, 0.1) is 12.2 Å². The highest BCUT2D eigenvalue weighted by Gasteiger charge is 2.09. The smallest absolute Gasteiger partial charge is 0.226 e. The molecule has 98 valence electrons. The lowest BCUT2D eigenvalue weighted by atomic mass is 10.3. The van der Waals surface area contributed by atoms with Crippen LogP contribution in [0.2, 0.25) is 0 Å². The van der Waals surface area contributed by atoms with Gasteiger partial charge in [0.25, 0.3) is 0 Å². The second kappa shape index (κ2) is 5.71. The van der Waals surface area contributed by atoms with Gasteiger partial charge >= 0.3 is 0 Å². The molecule has 0 aliphatic rings. The zero-order chi connectivity index (χ0) is 13.8. The summed E-state index contributed by atoms with van der Waals surface area (Å²) in [6.45, 7) is 2.52. The first-order valence-corrected chi connectivity index (χ1v) is 6.23. The molecule has 5 nitrogen and oxygen atoms in total. The van der Waals surface area contributed by atoms with Gasteiger partial charge in [-0.05, 0) is 25.1 Å². The molecular weight excluding hydrogens is 258 g/mol. The molecule has 0 amide bonds. The molecule has 0 fully saturated rings. The number of nitrogens with two attached hydrogens (primary N) is 1. The Morgan fingerprint density at radius 3 is 2.79 bits per heavy atom. The van der Waals surface area contributed by atoms with Crippen molar-refractivity contribution >= 4 is 23.2 Å². The average molecular weight is 273 g/mol. The molecule has 2 heterocycles. The van der Waals surface area contributed by atoms with Crippen molar-refractivity contribution < 1.29 is 0 Å². The van der Waals surface area contributed by atoms with E-state index in [2.05, 4.69) is 15.0 Å². The third-order valence-electron chi connectivity index (χ3n) is 2.56. The predicted octanol–water partition coefficient (Wildman–Crippen LogP) is 1.45. The highest BCUT2D eigenvalue weighted by Crippen LogP contribution is 2.11. The molecule has 0 saturated heterocycles. The molecule has 2 N–H and O–H groups in total. The molecular formula is C13H15N5S. The standard InChI is InChI=1S/C13H15N5S/c1-9-7-11(12(14)19)17-13(16-9)18(2)8-10-5-3-4-6-15-10/h3-7H,8H2,1-2H3,(H2,14,19). The summed E-state index contributed by atoms with van der Waals surface area (Å²) in [7, 11) is 1.91. The van der Waals surface area contributed by atoms with Gasteiger partial charge in [-0.25, -0.2) is 9.97 Å². The average Bonchev–Trinajstić information content (AvgIpc) is 2.39. The number of aryl methyl sites for hydroxylation is 1. The minimum absolute atomic E-state index is 0.276. The van der Waals surface area contributed by atoms with Gasteiger partial charge in [-0.15, -0.1) is 0 Å². The van der Waals surface area contributed by atoms with E-state index in [9.17, 15) is 0 Å². The van der Waals surface area contributed by atoms with Crippen molar-refractivity contribution in [3.8, 4) is 0 Å². The van der Waals surface area contributed by atoms with Gasteiger partial charge in [-0.1, -0.05) is 18.3 Å². The van der Waals surface area contributed by atoms with E-state index < -0.39 is 0 Å². The van der Waals surface area contributed by atoms with Crippen molar-refractivity contribution in [3.05, 3.63) is 47.5 Å². The number of thiocarbonyl (C=S) groups is 1. The Balaban J connectivity index is 2.24. The largest absolute Gasteiger partial charge is 0.388 e. The van der Waals surface area contributed by atoms with Crippen LogP contribution in [0.3, 0.4) is 0 Å². The van der Waals surface area contributed by atoms with Crippen molar-refractivity contribution in [2.45, 2.75) is 13.5 Å². The Morgan fingerprint density at radius 2 is 2.16 bits per heavy atom. The van der Waals surface area contributed by atoms with Crippen LogP contribution in [0.5, 0.6) is 0 Å². The molecule has 0 aromatic carbocycles. The van der Waals surface area contributed by atoms with Crippen LogP contribution in [-0.2, 0) is 6.54 Å². The topological polar surface area (TPSA) is 67.9 Å². The van der Waals surface area contributed by atoms with Crippen LogP contribution in [-0.4, -0.2) is 27.0 Å². The first kappa shape index (κ1) is 13.4. The quantitative estimate of drug-likeness (QED) is 0.850. The second-order valence-corrected chi connectivity index (χ2v) is 4.68. The van der Waals surface area contributed by atoms with Gasteiger partial charge in [0.2, 0.25) is 5.95 Å². The number of rotatable bonds is 4. The number of aromatic nitrogens is 3. The Morgan fingerprint density at radius 1 is 1.37 bits per heavy atom. The van der Waals surface area contributed by atoms with Gasteiger partial charge in [0, 0.05) is 18.9 Å². The van der Waals surface area contributed by atoms with E-state index in [0.717, 1.165) is 11.4 Å². The van der Waals surface area contributed by atoms with Crippen molar-refractivity contribution in [2.24, 2.45) is 5.73 Å². The molecule has 0 saturated carbocycles. The van der Waals surface area contributed by atoms with Crippen molar-refractivity contribution in [1.29, 1.82) is 0 Å². The Labute approximate surface area is 117 Å². The van der Waals surface area contributed by atoms with Crippen LogP contribution in [0, 0.1) is 6.92 Å². The molecule has 0 radical (unpaired) electrons. The monoisotopic (exact) mass is 273 g/mol. The molecule has 0 aliphatic heterocycles. The molecule has 0 aliphatic carbocycles. The normalized spacial score (nSPS) is 10.2. The summed E-state index contributed by atoms with van der Waals surface area (Å²) in [5.41, 5.74) is 7.99. The molecule has 2 aromatic rings. The minimum atomic E-state index is 0.276. The predicted molar refractivity (Wildman–Crippen MR) is 79.0 cm³/mol. The lowest BCUT2D eigenvalue weighted by Gasteiger charge is -2.17. The Kier molecular flexibility index (Phi) is 4.01. The van der Waals surface area contributed by atoms with E-state index in [1.54, 1.807) is 12.3 Å². The SMILES string of the molecule is Cc1cc(C(N)=S)nc(N(C)Cc2ccccn2)n1. The summed E-state index contributed by atoms with van der Waals surface area (Å²) < 4.78 is 0. The summed E-state index contributed by atoms with van der Waals surface area (Å²) in [4.78, 5) is 15.2. The van der Waals surface area contributed by atoms with E-state index >= 15 is 0 Å².